The van der Waals surface area contributed by atoms with Crippen LogP contribution in [-0.2, 0) is 10.0 Å². The predicted molar refractivity (Wildman–Crippen MR) is 97.5 cm³/mol. The third-order valence-corrected chi connectivity index (χ3v) is 5.44. The minimum Gasteiger partial charge on any atom is -0.497 e. The lowest BCUT2D eigenvalue weighted by Gasteiger charge is -2.08. The number of benzene rings is 2. The van der Waals surface area contributed by atoms with Gasteiger partial charge < -0.3 is 9.47 Å². The van der Waals surface area contributed by atoms with Crippen molar-refractivity contribution in [2.75, 3.05) is 14.2 Å². The summed E-state index contributed by atoms with van der Waals surface area (Å²) in [4.78, 5) is 4.70. The second kappa shape index (κ2) is 6.83. The molecule has 0 fully saturated rings. The Balaban J connectivity index is 1.95. The van der Waals surface area contributed by atoms with Crippen molar-refractivity contribution in [3.63, 3.8) is 0 Å². The van der Waals surface area contributed by atoms with Gasteiger partial charge in [-0.1, -0.05) is 12.1 Å². The van der Waals surface area contributed by atoms with Crippen LogP contribution in [-0.4, -0.2) is 27.6 Å². The van der Waals surface area contributed by atoms with Crippen LogP contribution in [0.5, 0.6) is 11.5 Å². The average molecular weight is 376 g/mol. The molecule has 3 rings (SSSR count). The van der Waals surface area contributed by atoms with E-state index in [0.29, 0.717) is 11.5 Å². The highest BCUT2D eigenvalue weighted by Gasteiger charge is 2.13. The molecule has 1 aromatic heterocycles. The molecule has 2 aromatic carbocycles. The number of ether oxygens (including phenoxy) is 2. The first kappa shape index (κ1) is 17.4. The van der Waals surface area contributed by atoms with Gasteiger partial charge in [-0.25, -0.2) is 18.5 Å². The van der Waals surface area contributed by atoms with Gasteiger partial charge in [-0.3, -0.25) is 0 Å². The van der Waals surface area contributed by atoms with E-state index in [1.54, 1.807) is 32.4 Å². The number of thiazole rings is 1. The summed E-state index contributed by atoms with van der Waals surface area (Å²) in [7, 11) is -0.508. The SMILES string of the molecule is COc1ccc(-c2csc(-c3ccc(S(N)(=O)=O)cc3)n2)c(OC)c1. The molecule has 0 bridgehead atoms. The van der Waals surface area contributed by atoms with Crippen molar-refractivity contribution < 1.29 is 17.9 Å². The van der Waals surface area contributed by atoms with Crippen molar-refractivity contribution in [2.24, 2.45) is 5.14 Å². The van der Waals surface area contributed by atoms with Crippen LogP contribution in [0, 0.1) is 0 Å². The Morgan fingerprint density at radius 2 is 1.76 bits per heavy atom. The molecule has 0 radical (unpaired) electrons. The maximum atomic E-state index is 11.3. The highest BCUT2D eigenvalue weighted by molar-refractivity contribution is 7.89. The summed E-state index contributed by atoms with van der Waals surface area (Å²) >= 11 is 1.46. The Hall–Kier alpha value is -2.42. The Bertz CT molecular complexity index is 996. The molecule has 0 aliphatic heterocycles. The first-order chi connectivity index (χ1) is 11.9. The quantitative estimate of drug-likeness (QED) is 0.739. The maximum Gasteiger partial charge on any atom is 0.238 e. The molecule has 0 amide bonds. The number of nitrogens with two attached hydrogens (primary N) is 1. The molecule has 130 valence electrons. The van der Waals surface area contributed by atoms with Crippen LogP contribution in [0.4, 0.5) is 0 Å². The van der Waals surface area contributed by atoms with Crippen molar-refractivity contribution in [3.05, 3.63) is 47.8 Å². The molecule has 0 atom stereocenters. The topological polar surface area (TPSA) is 91.5 Å². The van der Waals surface area contributed by atoms with Crippen LogP contribution in [0.2, 0.25) is 0 Å². The molecule has 2 N–H and O–H groups in total. The first-order valence-corrected chi connectivity index (χ1v) is 9.66. The van der Waals surface area contributed by atoms with E-state index in [1.807, 2.05) is 17.5 Å². The molecule has 25 heavy (non-hydrogen) atoms. The Kier molecular flexibility index (Phi) is 4.76. The number of hydrogen-bond acceptors (Lipinski definition) is 6. The Morgan fingerprint density at radius 1 is 1.04 bits per heavy atom. The maximum absolute atomic E-state index is 11.3. The molecule has 1 heterocycles. The van der Waals surface area contributed by atoms with Gasteiger partial charge in [-0.2, -0.15) is 0 Å². The zero-order valence-electron chi connectivity index (χ0n) is 13.6. The van der Waals surface area contributed by atoms with E-state index in [4.69, 9.17) is 14.6 Å². The van der Waals surface area contributed by atoms with Gasteiger partial charge in [-0.05, 0) is 24.3 Å². The Labute approximate surface area is 149 Å². The molecule has 0 aliphatic rings. The fourth-order valence-corrected chi connectivity index (χ4v) is 3.67. The molecule has 0 saturated heterocycles. The van der Waals surface area contributed by atoms with E-state index in [1.165, 1.54) is 23.5 Å². The summed E-state index contributed by atoms with van der Waals surface area (Å²) in [6.07, 6.45) is 0. The van der Waals surface area contributed by atoms with Crippen molar-refractivity contribution in [1.82, 2.24) is 4.98 Å². The largest absolute Gasteiger partial charge is 0.497 e. The zero-order valence-corrected chi connectivity index (χ0v) is 15.2. The van der Waals surface area contributed by atoms with Crippen molar-refractivity contribution in [1.29, 1.82) is 0 Å². The molecule has 3 aromatic rings. The molecule has 6 nitrogen and oxygen atoms in total. The molecular weight excluding hydrogens is 360 g/mol. The lowest BCUT2D eigenvalue weighted by molar-refractivity contribution is 0.395. The normalized spacial score (nSPS) is 11.3. The predicted octanol–water partition coefficient (Wildman–Crippen LogP) is 3.14. The molecule has 0 unspecified atom stereocenters. The van der Waals surface area contributed by atoms with Crippen LogP contribution < -0.4 is 14.6 Å². The van der Waals surface area contributed by atoms with Crippen molar-refractivity contribution in [2.45, 2.75) is 4.90 Å². The third kappa shape index (κ3) is 3.65. The summed E-state index contributed by atoms with van der Waals surface area (Å²) in [6, 6.07) is 11.9. The van der Waals surface area contributed by atoms with Gasteiger partial charge in [0.25, 0.3) is 0 Å². The number of methoxy groups -OCH3 is 2. The van der Waals surface area contributed by atoms with Gasteiger partial charge in [0.2, 0.25) is 10.0 Å². The third-order valence-electron chi connectivity index (χ3n) is 3.62. The van der Waals surface area contributed by atoms with E-state index in [2.05, 4.69) is 4.98 Å². The molecule has 8 heteroatoms. The summed E-state index contributed by atoms with van der Waals surface area (Å²) in [5.74, 6) is 1.37. The van der Waals surface area contributed by atoms with Gasteiger partial charge in [0.05, 0.1) is 24.8 Å². The summed E-state index contributed by atoms with van der Waals surface area (Å²) in [5.41, 5.74) is 2.44. The van der Waals surface area contributed by atoms with Gasteiger partial charge in [0.15, 0.2) is 0 Å². The van der Waals surface area contributed by atoms with Crippen LogP contribution in [0.1, 0.15) is 0 Å². The summed E-state index contributed by atoms with van der Waals surface area (Å²) < 4.78 is 33.3. The summed E-state index contributed by atoms with van der Waals surface area (Å²) in [5, 5.41) is 7.81. The minimum atomic E-state index is -3.70. The molecular formula is C17H16N2O4S2. The van der Waals surface area contributed by atoms with Crippen molar-refractivity contribution >= 4 is 21.4 Å². The van der Waals surface area contributed by atoms with Crippen LogP contribution >= 0.6 is 11.3 Å². The van der Waals surface area contributed by atoms with Gasteiger partial charge >= 0.3 is 0 Å². The van der Waals surface area contributed by atoms with Gasteiger partial charge in [0.1, 0.15) is 16.5 Å². The van der Waals surface area contributed by atoms with E-state index in [9.17, 15) is 8.42 Å². The lowest BCUT2D eigenvalue weighted by Crippen LogP contribution is -2.11. The van der Waals surface area contributed by atoms with Crippen molar-refractivity contribution in [3.8, 4) is 33.3 Å². The number of primary sulfonamides is 1. The molecule has 0 spiro atoms. The summed E-state index contributed by atoms with van der Waals surface area (Å²) in [6.45, 7) is 0. The highest BCUT2D eigenvalue weighted by Crippen LogP contribution is 2.36. The number of hydrogen-bond donors (Lipinski definition) is 1. The van der Waals surface area contributed by atoms with E-state index in [-0.39, 0.29) is 4.90 Å². The van der Waals surface area contributed by atoms with E-state index in [0.717, 1.165) is 21.8 Å². The number of aromatic nitrogens is 1. The molecule has 0 saturated carbocycles. The van der Waals surface area contributed by atoms with Gasteiger partial charge in [-0.15, -0.1) is 11.3 Å². The zero-order chi connectivity index (χ0) is 18.0. The monoisotopic (exact) mass is 376 g/mol. The van der Waals surface area contributed by atoms with E-state index < -0.39 is 10.0 Å². The van der Waals surface area contributed by atoms with Gasteiger partial charge in [0, 0.05) is 22.6 Å². The van der Waals surface area contributed by atoms with Crippen LogP contribution in [0.3, 0.4) is 0 Å². The second-order valence-electron chi connectivity index (χ2n) is 5.17. The standard InChI is InChI=1S/C17H16N2O4S2/c1-22-12-5-8-14(16(9-12)23-2)15-10-24-17(19-15)11-3-6-13(7-4-11)25(18,20)21/h3-10H,1-2H3,(H2,18,20,21). The first-order valence-electron chi connectivity index (χ1n) is 7.23. The smallest absolute Gasteiger partial charge is 0.238 e. The fraction of sp³-hybridized carbons (Fsp3) is 0.118. The molecule has 0 aliphatic carbocycles. The lowest BCUT2D eigenvalue weighted by atomic mass is 10.1. The van der Waals surface area contributed by atoms with E-state index >= 15 is 0 Å². The number of rotatable bonds is 5. The minimum absolute atomic E-state index is 0.0739. The average Bonchev–Trinajstić information content (AvgIpc) is 3.10. The number of nitrogens with zero attached hydrogens (tertiary/aromatic N) is 1. The second-order valence-corrected chi connectivity index (χ2v) is 7.59. The van der Waals surface area contributed by atoms with Crippen LogP contribution in [0.15, 0.2) is 52.7 Å². The van der Waals surface area contributed by atoms with Crippen LogP contribution in [0.25, 0.3) is 21.8 Å². The fourth-order valence-electron chi connectivity index (χ4n) is 2.33. The Morgan fingerprint density at radius 3 is 2.36 bits per heavy atom. The number of sulfonamides is 1. The highest BCUT2D eigenvalue weighted by atomic mass is 32.2.